The van der Waals surface area contributed by atoms with Gasteiger partial charge in [0.15, 0.2) is 11.5 Å². The highest BCUT2D eigenvalue weighted by molar-refractivity contribution is 7.92. The number of anilines is 1. The lowest BCUT2D eigenvalue weighted by molar-refractivity contribution is -0.160. The van der Waals surface area contributed by atoms with Gasteiger partial charge >= 0.3 is 5.97 Å². The van der Waals surface area contributed by atoms with E-state index in [1.807, 2.05) is 20.8 Å². The number of aromatic nitrogens is 4. The maximum atomic E-state index is 14.3. The van der Waals surface area contributed by atoms with Gasteiger partial charge in [0.1, 0.15) is 41.0 Å². The van der Waals surface area contributed by atoms with Gasteiger partial charge in [0.2, 0.25) is 5.88 Å². The number of aryl methyl sites for hydroxylation is 1. The van der Waals surface area contributed by atoms with Gasteiger partial charge in [-0.05, 0) is 89.0 Å². The maximum absolute atomic E-state index is 14.3. The number of H-pyrrole nitrogens is 1. The first kappa shape index (κ1) is 42.9. The highest BCUT2D eigenvalue weighted by Gasteiger charge is 2.23. The standard InChI is InChI=1S/C39H53FN6O9S/c1-28-9-14-33(40)34(23-28)56(48,49)45-30-12-10-29(11-13-30)36-42-37-32(24-41-44-37)38(43-36)54-26-31-25-46(16-18-53-31)15-7-5-6-8-17-50-19-20-51-21-22-52-27-35(47)55-39(2,3)4/h9-14,23-24,31,45H,5-8,15-22,25-27H2,1-4H3,(H,41,42,43,44)/t31-/m1/s1. The Morgan fingerprint density at radius 3 is 2.48 bits per heavy atom. The van der Waals surface area contributed by atoms with Gasteiger partial charge in [-0.2, -0.15) is 10.1 Å². The quantitative estimate of drug-likeness (QED) is 0.0775. The molecule has 15 nitrogen and oxygen atoms in total. The fourth-order valence-electron chi connectivity index (χ4n) is 5.88. The highest BCUT2D eigenvalue weighted by atomic mass is 32.2. The number of fused-ring (bicyclic) bond motifs is 1. The molecule has 0 aliphatic carbocycles. The van der Waals surface area contributed by atoms with Crippen molar-refractivity contribution in [2.24, 2.45) is 0 Å². The van der Waals surface area contributed by atoms with Gasteiger partial charge in [-0.25, -0.2) is 22.6 Å². The van der Waals surface area contributed by atoms with Crippen LogP contribution in [0.4, 0.5) is 10.1 Å². The van der Waals surface area contributed by atoms with E-state index in [-0.39, 0.29) is 24.4 Å². The SMILES string of the molecule is Cc1ccc(F)c(S(=O)(=O)Nc2ccc(-c3nc(OC[C@H]4CN(CCCCCCOCCOCCOCC(=O)OC(C)(C)C)CCO4)c4cn[nH]c4n3)cc2)c1. The van der Waals surface area contributed by atoms with Crippen LogP contribution in [0.25, 0.3) is 22.4 Å². The number of carbonyl (C=O) groups excluding carboxylic acids is 1. The predicted molar refractivity (Wildman–Crippen MR) is 208 cm³/mol. The Morgan fingerprint density at radius 2 is 1.71 bits per heavy atom. The summed E-state index contributed by atoms with van der Waals surface area (Å²) in [5, 5.41) is 7.62. The molecular formula is C39H53FN6O9S. The average Bonchev–Trinajstić information content (AvgIpc) is 3.64. The van der Waals surface area contributed by atoms with Crippen LogP contribution in [-0.2, 0) is 38.5 Å². The molecule has 3 heterocycles. The smallest absolute Gasteiger partial charge is 0.332 e. The first-order valence-electron chi connectivity index (χ1n) is 18.9. The number of esters is 1. The third kappa shape index (κ3) is 13.7. The summed E-state index contributed by atoms with van der Waals surface area (Å²) in [7, 11) is -4.14. The van der Waals surface area contributed by atoms with E-state index in [0.717, 1.165) is 51.4 Å². The Kier molecular flexibility index (Phi) is 15.9. The molecule has 0 unspecified atom stereocenters. The van der Waals surface area contributed by atoms with E-state index in [2.05, 4.69) is 29.8 Å². The van der Waals surface area contributed by atoms with Crippen LogP contribution in [0.15, 0.2) is 53.6 Å². The number of sulfonamides is 1. The van der Waals surface area contributed by atoms with Crippen molar-refractivity contribution in [3.63, 3.8) is 0 Å². The number of carbonyl (C=O) groups is 1. The zero-order valence-electron chi connectivity index (χ0n) is 32.6. The number of aromatic amines is 1. The molecule has 5 rings (SSSR count). The van der Waals surface area contributed by atoms with E-state index in [9.17, 15) is 17.6 Å². The van der Waals surface area contributed by atoms with Crippen molar-refractivity contribution in [3.05, 3.63) is 60.0 Å². The highest BCUT2D eigenvalue weighted by Crippen LogP contribution is 2.28. The maximum Gasteiger partial charge on any atom is 0.332 e. The molecule has 2 aromatic carbocycles. The van der Waals surface area contributed by atoms with Gasteiger partial charge in [0.05, 0.1) is 39.2 Å². The molecule has 56 heavy (non-hydrogen) atoms. The molecule has 0 bridgehead atoms. The van der Waals surface area contributed by atoms with E-state index < -0.39 is 26.3 Å². The predicted octanol–water partition coefficient (Wildman–Crippen LogP) is 5.30. The van der Waals surface area contributed by atoms with Crippen LogP contribution in [0.2, 0.25) is 0 Å². The molecule has 1 aliphatic heterocycles. The van der Waals surface area contributed by atoms with Gasteiger partial charge < -0.3 is 28.4 Å². The minimum absolute atomic E-state index is 0.0844. The molecule has 4 aromatic rings. The van der Waals surface area contributed by atoms with Crippen molar-refractivity contribution >= 4 is 32.7 Å². The molecular weight excluding hydrogens is 748 g/mol. The summed E-state index contributed by atoms with van der Waals surface area (Å²) in [4.78, 5) is 22.8. The van der Waals surface area contributed by atoms with Crippen LogP contribution in [0.1, 0.15) is 52.0 Å². The van der Waals surface area contributed by atoms with E-state index >= 15 is 0 Å². The Bertz CT molecular complexity index is 1960. The minimum Gasteiger partial charge on any atom is -0.474 e. The summed E-state index contributed by atoms with van der Waals surface area (Å²) in [6.07, 6.45) is 5.72. The van der Waals surface area contributed by atoms with Crippen molar-refractivity contribution in [1.29, 1.82) is 0 Å². The monoisotopic (exact) mass is 800 g/mol. The largest absolute Gasteiger partial charge is 0.474 e. The number of hydrogen-bond donors (Lipinski definition) is 2. The Morgan fingerprint density at radius 1 is 0.982 bits per heavy atom. The molecule has 2 aromatic heterocycles. The molecule has 0 saturated carbocycles. The second kappa shape index (κ2) is 20.8. The van der Waals surface area contributed by atoms with E-state index in [4.69, 9.17) is 28.4 Å². The molecule has 1 aliphatic rings. The van der Waals surface area contributed by atoms with Crippen LogP contribution in [0.3, 0.4) is 0 Å². The summed E-state index contributed by atoms with van der Waals surface area (Å²) in [5.74, 6) is -0.493. The molecule has 0 spiro atoms. The molecule has 0 amide bonds. The number of nitrogens with zero attached hydrogens (tertiary/aromatic N) is 4. The number of morpholine rings is 1. The summed E-state index contributed by atoms with van der Waals surface area (Å²) < 4.78 is 76.3. The molecule has 1 fully saturated rings. The third-order valence-corrected chi connectivity index (χ3v) is 9.97. The topological polar surface area (TPSA) is 176 Å². The van der Waals surface area contributed by atoms with Gasteiger partial charge in [-0.15, -0.1) is 0 Å². The van der Waals surface area contributed by atoms with Gasteiger partial charge in [0, 0.05) is 30.9 Å². The number of rotatable bonds is 22. The van der Waals surface area contributed by atoms with Crippen LogP contribution in [0, 0.1) is 12.7 Å². The van der Waals surface area contributed by atoms with E-state index in [1.165, 1.54) is 12.1 Å². The lowest BCUT2D eigenvalue weighted by Crippen LogP contribution is -2.45. The van der Waals surface area contributed by atoms with Crippen molar-refractivity contribution in [2.75, 3.05) is 77.2 Å². The zero-order chi connectivity index (χ0) is 40.0. The van der Waals surface area contributed by atoms with Crippen LogP contribution < -0.4 is 9.46 Å². The molecule has 17 heteroatoms. The Hall–Kier alpha value is -4.26. The third-order valence-electron chi connectivity index (χ3n) is 8.57. The van der Waals surface area contributed by atoms with Gasteiger partial charge in [-0.3, -0.25) is 14.7 Å². The Balaban J connectivity index is 0.980. The summed E-state index contributed by atoms with van der Waals surface area (Å²) in [6.45, 7) is 12.9. The minimum atomic E-state index is -4.14. The van der Waals surface area contributed by atoms with E-state index in [0.29, 0.717) is 80.1 Å². The molecule has 1 atom stereocenters. The summed E-state index contributed by atoms with van der Waals surface area (Å²) >= 11 is 0. The van der Waals surface area contributed by atoms with Crippen molar-refractivity contribution in [3.8, 4) is 17.3 Å². The lowest BCUT2D eigenvalue weighted by atomic mass is 10.2. The number of halogens is 1. The Labute approximate surface area is 327 Å². The molecule has 306 valence electrons. The molecule has 0 radical (unpaired) electrons. The van der Waals surface area contributed by atoms with E-state index in [1.54, 1.807) is 37.4 Å². The van der Waals surface area contributed by atoms with Gasteiger partial charge in [-0.1, -0.05) is 18.9 Å². The van der Waals surface area contributed by atoms with Crippen molar-refractivity contribution in [1.82, 2.24) is 25.1 Å². The second-order valence-corrected chi connectivity index (χ2v) is 16.1. The fourth-order valence-corrected chi connectivity index (χ4v) is 7.10. The zero-order valence-corrected chi connectivity index (χ0v) is 33.4. The number of unbranched alkanes of at least 4 members (excludes halogenated alkanes) is 3. The fraction of sp³-hybridized carbons (Fsp3) is 0.538. The van der Waals surface area contributed by atoms with Crippen LogP contribution >= 0.6 is 0 Å². The lowest BCUT2D eigenvalue weighted by Gasteiger charge is -2.32. The summed E-state index contributed by atoms with van der Waals surface area (Å²) in [6, 6.07) is 10.4. The van der Waals surface area contributed by atoms with Crippen molar-refractivity contribution < 1.29 is 46.0 Å². The number of nitrogens with one attached hydrogen (secondary N) is 2. The number of benzene rings is 2. The first-order chi connectivity index (χ1) is 26.9. The van der Waals surface area contributed by atoms with Crippen LogP contribution in [0.5, 0.6) is 5.88 Å². The normalized spacial score (nSPS) is 15.3. The molecule has 1 saturated heterocycles. The van der Waals surface area contributed by atoms with Crippen molar-refractivity contribution in [2.45, 2.75) is 70.0 Å². The summed E-state index contributed by atoms with van der Waals surface area (Å²) in [5.41, 5.74) is 1.48. The number of hydrogen-bond acceptors (Lipinski definition) is 13. The molecule has 2 N–H and O–H groups in total. The van der Waals surface area contributed by atoms with Gasteiger partial charge in [0.25, 0.3) is 10.0 Å². The first-order valence-corrected chi connectivity index (χ1v) is 20.4. The second-order valence-electron chi connectivity index (χ2n) is 14.5. The number of ether oxygens (including phenoxy) is 6. The average molecular weight is 801 g/mol. The van der Waals surface area contributed by atoms with Crippen LogP contribution in [-0.4, -0.2) is 124 Å².